The van der Waals surface area contributed by atoms with Gasteiger partial charge in [0.05, 0.1) is 6.61 Å². The standard InChI is InChI=1S/C18H27NO2/c1-5-10-21-15-9-8-13-6-7-14(12-18(2,3)4)17(20)19-16(13)11-15/h8-9,11,14H,5-7,10,12H2,1-4H3,(H,19,20). The van der Waals surface area contributed by atoms with Crippen molar-refractivity contribution in [3.63, 3.8) is 0 Å². The van der Waals surface area contributed by atoms with Gasteiger partial charge in [-0.25, -0.2) is 0 Å². The van der Waals surface area contributed by atoms with E-state index in [9.17, 15) is 4.79 Å². The lowest BCUT2D eigenvalue weighted by molar-refractivity contribution is -0.120. The minimum Gasteiger partial charge on any atom is -0.494 e. The SMILES string of the molecule is CCCOc1ccc2c(c1)NC(=O)C(CC(C)(C)C)CC2. The van der Waals surface area contributed by atoms with Crippen molar-refractivity contribution in [2.75, 3.05) is 11.9 Å². The van der Waals surface area contributed by atoms with Gasteiger partial charge in [0.15, 0.2) is 0 Å². The van der Waals surface area contributed by atoms with E-state index in [1.165, 1.54) is 5.56 Å². The third-order valence-corrected chi connectivity index (χ3v) is 3.80. The van der Waals surface area contributed by atoms with E-state index in [0.29, 0.717) is 6.61 Å². The first-order valence-corrected chi connectivity index (χ1v) is 7.95. The summed E-state index contributed by atoms with van der Waals surface area (Å²) in [5.74, 6) is 1.08. The summed E-state index contributed by atoms with van der Waals surface area (Å²) < 4.78 is 5.65. The first-order chi connectivity index (χ1) is 9.89. The summed E-state index contributed by atoms with van der Waals surface area (Å²) in [6.45, 7) is 9.36. The van der Waals surface area contributed by atoms with Crippen molar-refractivity contribution in [1.82, 2.24) is 0 Å². The Hall–Kier alpha value is -1.51. The van der Waals surface area contributed by atoms with Crippen LogP contribution in [0.25, 0.3) is 0 Å². The third kappa shape index (κ3) is 4.48. The summed E-state index contributed by atoms with van der Waals surface area (Å²) in [5.41, 5.74) is 2.31. The van der Waals surface area contributed by atoms with Crippen molar-refractivity contribution in [2.24, 2.45) is 11.3 Å². The normalized spacial score (nSPS) is 18.7. The van der Waals surface area contributed by atoms with Gasteiger partial charge in [0.2, 0.25) is 5.91 Å². The molecule has 2 rings (SSSR count). The van der Waals surface area contributed by atoms with Gasteiger partial charge in [-0.05, 0) is 42.7 Å². The molecule has 1 heterocycles. The van der Waals surface area contributed by atoms with Crippen LogP contribution in [0.5, 0.6) is 5.75 Å². The molecule has 3 nitrogen and oxygen atoms in total. The quantitative estimate of drug-likeness (QED) is 0.891. The van der Waals surface area contributed by atoms with E-state index in [-0.39, 0.29) is 17.2 Å². The van der Waals surface area contributed by atoms with Gasteiger partial charge in [-0.3, -0.25) is 4.79 Å². The van der Waals surface area contributed by atoms with E-state index in [2.05, 4.69) is 39.1 Å². The van der Waals surface area contributed by atoms with E-state index in [1.54, 1.807) is 0 Å². The molecule has 1 aliphatic rings. The monoisotopic (exact) mass is 289 g/mol. The van der Waals surface area contributed by atoms with Crippen LogP contribution in [0.3, 0.4) is 0 Å². The molecular formula is C18H27NO2. The Kier molecular flexibility index (Phi) is 4.92. The number of hydrogen-bond donors (Lipinski definition) is 1. The molecule has 1 aromatic carbocycles. The Labute approximate surface area is 128 Å². The summed E-state index contributed by atoms with van der Waals surface area (Å²) in [4.78, 5) is 12.4. The predicted octanol–water partition coefficient (Wildman–Crippen LogP) is 4.41. The smallest absolute Gasteiger partial charge is 0.227 e. The Morgan fingerprint density at radius 3 is 2.76 bits per heavy atom. The minimum absolute atomic E-state index is 0.0948. The highest BCUT2D eigenvalue weighted by Gasteiger charge is 2.27. The van der Waals surface area contributed by atoms with Gasteiger partial charge in [0.1, 0.15) is 5.75 Å². The molecule has 21 heavy (non-hydrogen) atoms. The number of ether oxygens (including phenoxy) is 1. The number of hydrogen-bond acceptors (Lipinski definition) is 2. The Morgan fingerprint density at radius 2 is 2.10 bits per heavy atom. The second kappa shape index (κ2) is 6.50. The second-order valence-corrected chi connectivity index (χ2v) is 7.16. The number of aryl methyl sites for hydroxylation is 1. The van der Waals surface area contributed by atoms with Gasteiger partial charge in [0.25, 0.3) is 0 Å². The van der Waals surface area contributed by atoms with Gasteiger partial charge in [-0.2, -0.15) is 0 Å². The zero-order valence-electron chi connectivity index (χ0n) is 13.7. The number of anilines is 1. The van der Waals surface area contributed by atoms with Crippen molar-refractivity contribution in [3.8, 4) is 5.75 Å². The molecule has 0 saturated carbocycles. The molecule has 1 N–H and O–H groups in total. The number of carbonyl (C=O) groups excluding carboxylic acids is 1. The van der Waals surface area contributed by atoms with Crippen LogP contribution in [0, 0.1) is 11.3 Å². The molecule has 0 bridgehead atoms. The highest BCUT2D eigenvalue weighted by atomic mass is 16.5. The van der Waals surface area contributed by atoms with Crippen LogP contribution >= 0.6 is 0 Å². The average Bonchev–Trinajstić information content (AvgIpc) is 2.54. The number of nitrogens with one attached hydrogen (secondary N) is 1. The minimum atomic E-state index is 0.0948. The fourth-order valence-electron chi connectivity index (χ4n) is 2.83. The molecule has 0 fully saturated rings. The number of fused-ring (bicyclic) bond motifs is 1. The molecule has 1 atom stereocenters. The highest BCUT2D eigenvalue weighted by molar-refractivity contribution is 5.94. The maximum Gasteiger partial charge on any atom is 0.227 e. The first-order valence-electron chi connectivity index (χ1n) is 7.95. The molecule has 0 aromatic heterocycles. The Bertz CT molecular complexity index is 502. The number of carbonyl (C=O) groups is 1. The molecule has 1 aromatic rings. The summed E-state index contributed by atoms with van der Waals surface area (Å²) in [5, 5.41) is 3.09. The summed E-state index contributed by atoms with van der Waals surface area (Å²) in [6.07, 6.45) is 3.78. The summed E-state index contributed by atoms with van der Waals surface area (Å²) >= 11 is 0. The van der Waals surface area contributed by atoms with Gasteiger partial charge in [-0.15, -0.1) is 0 Å². The lowest BCUT2D eigenvalue weighted by Gasteiger charge is -2.23. The van der Waals surface area contributed by atoms with Crippen molar-refractivity contribution in [1.29, 1.82) is 0 Å². The van der Waals surface area contributed by atoms with Gasteiger partial charge >= 0.3 is 0 Å². The zero-order valence-corrected chi connectivity index (χ0v) is 13.7. The fourth-order valence-corrected chi connectivity index (χ4v) is 2.83. The van der Waals surface area contributed by atoms with E-state index in [1.807, 2.05) is 12.1 Å². The molecular weight excluding hydrogens is 262 g/mol. The topological polar surface area (TPSA) is 38.3 Å². The number of amides is 1. The average molecular weight is 289 g/mol. The van der Waals surface area contributed by atoms with E-state index >= 15 is 0 Å². The van der Waals surface area contributed by atoms with E-state index < -0.39 is 0 Å². The molecule has 3 heteroatoms. The van der Waals surface area contributed by atoms with Crippen LogP contribution in [0.1, 0.15) is 52.5 Å². The predicted molar refractivity (Wildman–Crippen MR) is 86.7 cm³/mol. The molecule has 0 aliphatic carbocycles. The summed E-state index contributed by atoms with van der Waals surface area (Å²) in [6, 6.07) is 6.05. The van der Waals surface area contributed by atoms with Crippen molar-refractivity contribution in [3.05, 3.63) is 23.8 Å². The maximum absolute atomic E-state index is 12.4. The lowest BCUT2D eigenvalue weighted by Crippen LogP contribution is -2.25. The number of rotatable bonds is 4. The molecule has 1 aliphatic heterocycles. The van der Waals surface area contributed by atoms with Crippen LogP contribution in [0.15, 0.2) is 18.2 Å². The first kappa shape index (κ1) is 15.9. The Morgan fingerprint density at radius 1 is 1.33 bits per heavy atom. The third-order valence-electron chi connectivity index (χ3n) is 3.80. The van der Waals surface area contributed by atoms with Crippen molar-refractivity contribution >= 4 is 11.6 Å². The lowest BCUT2D eigenvalue weighted by atomic mass is 9.82. The van der Waals surface area contributed by atoms with Crippen LogP contribution in [0.4, 0.5) is 5.69 Å². The zero-order chi connectivity index (χ0) is 15.5. The highest BCUT2D eigenvalue weighted by Crippen LogP contribution is 2.33. The summed E-state index contributed by atoms with van der Waals surface area (Å²) in [7, 11) is 0. The fraction of sp³-hybridized carbons (Fsp3) is 0.611. The van der Waals surface area contributed by atoms with Gasteiger partial charge < -0.3 is 10.1 Å². The van der Waals surface area contributed by atoms with E-state index in [0.717, 1.165) is 37.1 Å². The molecule has 0 spiro atoms. The molecule has 1 amide bonds. The Balaban J connectivity index is 2.12. The molecule has 0 saturated heterocycles. The second-order valence-electron chi connectivity index (χ2n) is 7.16. The molecule has 1 unspecified atom stereocenters. The van der Waals surface area contributed by atoms with Crippen LogP contribution in [-0.2, 0) is 11.2 Å². The molecule has 0 radical (unpaired) electrons. The largest absolute Gasteiger partial charge is 0.494 e. The van der Waals surface area contributed by atoms with Crippen LogP contribution in [-0.4, -0.2) is 12.5 Å². The van der Waals surface area contributed by atoms with Crippen molar-refractivity contribution < 1.29 is 9.53 Å². The van der Waals surface area contributed by atoms with Crippen LogP contribution in [0.2, 0.25) is 0 Å². The van der Waals surface area contributed by atoms with Crippen LogP contribution < -0.4 is 10.1 Å². The van der Waals surface area contributed by atoms with Crippen molar-refractivity contribution in [2.45, 2.75) is 53.4 Å². The molecule has 116 valence electrons. The van der Waals surface area contributed by atoms with Gasteiger partial charge in [-0.1, -0.05) is 33.8 Å². The number of benzene rings is 1. The maximum atomic E-state index is 12.4. The van der Waals surface area contributed by atoms with Gasteiger partial charge in [0, 0.05) is 17.7 Å². The van der Waals surface area contributed by atoms with E-state index in [4.69, 9.17) is 4.74 Å².